The van der Waals surface area contributed by atoms with Gasteiger partial charge in [-0.05, 0) is 39.0 Å². The predicted molar refractivity (Wildman–Crippen MR) is 91.3 cm³/mol. The first kappa shape index (κ1) is 16.5. The van der Waals surface area contributed by atoms with Crippen molar-refractivity contribution in [1.82, 2.24) is 10.1 Å². The van der Waals surface area contributed by atoms with E-state index in [0.29, 0.717) is 24.9 Å². The minimum atomic E-state index is -0.368. The Balaban J connectivity index is 1.72. The van der Waals surface area contributed by atoms with Crippen LogP contribution in [-0.4, -0.2) is 48.7 Å². The summed E-state index contributed by atoms with van der Waals surface area (Å²) in [4.78, 5) is 6.66. The Morgan fingerprint density at radius 2 is 1.80 bits per heavy atom. The molecular formula is C18H23N3O4. The molecule has 2 fully saturated rings. The maximum atomic E-state index is 5.86. The molecule has 4 rings (SSSR count). The van der Waals surface area contributed by atoms with Crippen LogP contribution in [0.25, 0.3) is 11.5 Å². The van der Waals surface area contributed by atoms with Crippen molar-refractivity contribution in [3.63, 3.8) is 0 Å². The molecule has 25 heavy (non-hydrogen) atoms. The zero-order chi connectivity index (χ0) is 17.4. The van der Waals surface area contributed by atoms with Crippen LogP contribution in [0, 0.1) is 6.92 Å². The molecule has 2 atom stereocenters. The van der Waals surface area contributed by atoms with E-state index in [9.17, 15) is 0 Å². The van der Waals surface area contributed by atoms with Crippen LogP contribution in [-0.2, 0) is 14.2 Å². The van der Waals surface area contributed by atoms with Crippen molar-refractivity contribution in [2.45, 2.75) is 39.3 Å². The van der Waals surface area contributed by atoms with Crippen LogP contribution in [0.2, 0.25) is 0 Å². The first-order chi connectivity index (χ1) is 12.1. The molecule has 0 radical (unpaired) electrons. The Morgan fingerprint density at radius 1 is 1.08 bits per heavy atom. The molecule has 0 aliphatic carbocycles. The number of aryl methyl sites for hydroxylation is 1. The number of morpholine rings is 1. The van der Waals surface area contributed by atoms with Crippen LogP contribution >= 0.6 is 0 Å². The van der Waals surface area contributed by atoms with E-state index in [-0.39, 0.29) is 18.5 Å². The lowest BCUT2D eigenvalue weighted by Gasteiger charge is -2.38. The van der Waals surface area contributed by atoms with Gasteiger partial charge in [-0.15, -0.1) is 0 Å². The summed E-state index contributed by atoms with van der Waals surface area (Å²) in [6.07, 6.45) is -0.00649. The van der Waals surface area contributed by atoms with Crippen LogP contribution in [0.4, 0.5) is 5.69 Å². The van der Waals surface area contributed by atoms with Gasteiger partial charge in [-0.25, -0.2) is 0 Å². The molecule has 0 spiro atoms. The fraction of sp³-hybridized carbons (Fsp3) is 0.556. The molecule has 7 heteroatoms. The smallest absolute Gasteiger partial charge is 0.257 e. The highest BCUT2D eigenvalue weighted by Crippen LogP contribution is 2.36. The van der Waals surface area contributed by atoms with E-state index in [1.165, 1.54) is 0 Å². The maximum Gasteiger partial charge on any atom is 0.257 e. The van der Waals surface area contributed by atoms with Crippen LogP contribution < -0.4 is 4.90 Å². The second kappa shape index (κ2) is 6.74. The van der Waals surface area contributed by atoms with Crippen LogP contribution in [0.15, 0.2) is 22.7 Å². The summed E-state index contributed by atoms with van der Waals surface area (Å²) >= 11 is 0. The minimum absolute atomic E-state index is 0.181. The van der Waals surface area contributed by atoms with Gasteiger partial charge in [0.25, 0.3) is 5.89 Å². The van der Waals surface area contributed by atoms with Gasteiger partial charge in [-0.1, -0.05) is 5.16 Å². The Labute approximate surface area is 146 Å². The highest BCUT2D eigenvalue weighted by Gasteiger charge is 2.29. The Kier molecular flexibility index (Phi) is 4.45. The molecule has 2 aromatic rings. The van der Waals surface area contributed by atoms with E-state index in [0.717, 1.165) is 29.9 Å². The lowest BCUT2D eigenvalue weighted by atomic mass is 10.0. The third kappa shape index (κ3) is 3.40. The fourth-order valence-corrected chi connectivity index (χ4v) is 3.49. The maximum absolute atomic E-state index is 5.86. The molecule has 0 bridgehead atoms. The zero-order valence-corrected chi connectivity index (χ0v) is 14.8. The molecular weight excluding hydrogens is 322 g/mol. The van der Waals surface area contributed by atoms with Crippen LogP contribution in [0.5, 0.6) is 0 Å². The highest BCUT2D eigenvalue weighted by molar-refractivity contribution is 5.64. The minimum Gasteiger partial charge on any atom is -0.372 e. The number of anilines is 1. The van der Waals surface area contributed by atoms with Gasteiger partial charge in [-0.2, -0.15) is 4.98 Å². The Hall–Kier alpha value is -1.96. The van der Waals surface area contributed by atoms with Crippen molar-refractivity contribution in [2.24, 2.45) is 0 Å². The van der Waals surface area contributed by atoms with Crippen molar-refractivity contribution in [1.29, 1.82) is 0 Å². The van der Waals surface area contributed by atoms with E-state index >= 15 is 0 Å². The second-order valence-electron chi connectivity index (χ2n) is 6.66. The van der Waals surface area contributed by atoms with Crippen molar-refractivity contribution in [3.05, 3.63) is 29.6 Å². The van der Waals surface area contributed by atoms with Gasteiger partial charge in [0.15, 0.2) is 12.1 Å². The summed E-state index contributed by atoms with van der Waals surface area (Å²) < 4.78 is 22.7. The lowest BCUT2D eigenvalue weighted by molar-refractivity contribution is -0.0444. The van der Waals surface area contributed by atoms with Gasteiger partial charge in [-0.3, -0.25) is 0 Å². The number of aromatic nitrogens is 2. The van der Waals surface area contributed by atoms with Crippen LogP contribution in [0.3, 0.4) is 0 Å². The number of hydrogen-bond acceptors (Lipinski definition) is 7. The molecule has 2 aliphatic rings. The average molecular weight is 345 g/mol. The topological polar surface area (TPSA) is 69.9 Å². The van der Waals surface area contributed by atoms with Gasteiger partial charge in [0, 0.05) is 29.9 Å². The molecule has 2 saturated heterocycles. The second-order valence-corrected chi connectivity index (χ2v) is 6.66. The fourth-order valence-electron chi connectivity index (χ4n) is 3.49. The molecule has 0 unspecified atom stereocenters. The van der Waals surface area contributed by atoms with Crippen molar-refractivity contribution in [2.75, 3.05) is 31.2 Å². The summed E-state index contributed by atoms with van der Waals surface area (Å²) in [5.74, 6) is 1.12. The van der Waals surface area contributed by atoms with Gasteiger partial charge < -0.3 is 23.6 Å². The number of benzene rings is 1. The third-order valence-electron chi connectivity index (χ3n) is 4.44. The highest BCUT2D eigenvalue weighted by atomic mass is 16.7. The average Bonchev–Trinajstić information content (AvgIpc) is 3.25. The van der Waals surface area contributed by atoms with Gasteiger partial charge in [0.2, 0.25) is 0 Å². The number of hydrogen-bond donors (Lipinski definition) is 0. The van der Waals surface area contributed by atoms with Crippen molar-refractivity contribution in [3.8, 4) is 11.5 Å². The zero-order valence-electron chi connectivity index (χ0n) is 14.8. The molecule has 1 aromatic carbocycles. The first-order valence-electron chi connectivity index (χ1n) is 8.68. The summed E-state index contributed by atoms with van der Waals surface area (Å²) in [5.41, 5.74) is 2.97. The summed E-state index contributed by atoms with van der Waals surface area (Å²) in [6, 6.07) is 6.12. The van der Waals surface area contributed by atoms with Crippen molar-refractivity contribution < 1.29 is 18.7 Å². The van der Waals surface area contributed by atoms with Crippen molar-refractivity contribution >= 4 is 5.69 Å². The molecule has 0 N–H and O–H groups in total. The summed E-state index contributed by atoms with van der Waals surface area (Å²) in [6.45, 7) is 8.88. The normalized spacial score (nSPS) is 24.8. The monoisotopic (exact) mass is 345 g/mol. The van der Waals surface area contributed by atoms with E-state index in [2.05, 4.69) is 35.0 Å². The quantitative estimate of drug-likeness (QED) is 0.847. The molecule has 7 nitrogen and oxygen atoms in total. The van der Waals surface area contributed by atoms with E-state index < -0.39 is 0 Å². The SMILES string of the molecule is Cc1noc(-c2ccc(N3C[C@@H](C)O[C@@H](C)C3)c(C3OCCO3)c2)n1. The van der Waals surface area contributed by atoms with Gasteiger partial charge in [0.05, 0.1) is 25.4 Å². The largest absolute Gasteiger partial charge is 0.372 e. The van der Waals surface area contributed by atoms with E-state index in [4.69, 9.17) is 18.7 Å². The van der Waals surface area contributed by atoms with E-state index in [1.54, 1.807) is 0 Å². The molecule has 1 aromatic heterocycles. The first-order valence-corrected chi connectivity index (χ1v) is 8.68. The Morgan fingerprint density at radius 3 is 2.44 bits per heavy atom. The summed E-state index contributed by atoms with van der Waals surface area (Å²) in [7, 11) is 0. The van der Waals surface area contributed by atoms with Gasteiger partial charge >= 0.3 is 0 Å². The third-order valence-corrected chi connectivity index (χ3v) is 4.44. The standard InChI is InChI=1S/C18H23N3O4/c1-11-9-21(10-12(2)24-11)16-5-4-14(17-19-13(3)20-25-17)8-15(16)18-22-6-7-23-18/h4-5,8,11-12,18H,6-7,9-10H2,1-3H3/t11-,12+. The molecule has 3 heterocycles. The summed E-state index contributed by atoms with van der Waals surface area (Å²) in [5, 5.41) is 3.88. The van der Waals surface area contributed by atoms with Crippen LogP contribution in [0.1, 0.15) is 31.5 Å². The Bertz CT molecular complexity index is 732. The molecule has 0 amide bonds. The molecule has 2 aliphatic heterocycles. The molecule has 134 valence electrons. The lowest BCUT2D eigenvalue weighted by Crippen LogP contribution is -2.46. The van der Waals surface area contributed by atoms with Gasteiger partial charge in [0.1, 0.15) is 0 Å². The predicted octanol–water partition coefficient (Wildman–Crippen LogP) is 2.70. The van der Waals surface area contributed by atoms with E-state index in [1.807, 2.05) is 19.1 Å². The number of nitrogens with zero attached hydrogens (tertiary/aromatic N) is 3. The molecule has 0 saturated carbocycles. The number of ether oxygens (including phenoxy) is 3. The number of rotatable bonds is 3.